The monoisotopic (exact) mass is 484 g/mol. The zero-order chi connectivity index (χ0) is 23.2. The Morgan fingerprint density at radius 3 is 2.13 bits per heavy atom. The SMILES string of the molecule is CCC(C(=O)NC(C)(C)C)N(Cc1c(Cl)cccc1Cl)C(=O)COc1ccccc1Cl. The van der Waals surface area contributed by atoms with Gasteiger partial charge in [0.1, 0.15) is 11.8 Å². The average Bonchev–Trinajstić information content (AvgIpc) is 2.67. The molecule has 2 aromatic rings. The Morgan fingerprint density at radius 2 is 1.58 bits per heavy atom. The van der Waals surface area contributed by atoms with Gasteiger partial charge in [-0.15, -0.1) is 0 Å². The standard InChI is InChI=1S/C23H27Cl3N2O3/c1-5-19(22(30)27-23(2,3)4)28(13-15-16(24)10-8-11-17(15)25)21(29)14-31-20-12-7-6-9-18(20)26/h6-12,19H,5,13-14H2,1-4H3,(H,27,30). The smallest absolute Gasteiger partial charge is 0.261 e. The van der Waals surface area contributed by atoms with E-state index in [1.807, 2.05) is 27.7 Å². The first-order valence-electron chi connectivity index (χ1n) is 9.95. The number of hydrogen-bond donors (Lipinski definition) is 1. The molecule has 0 bridgehead atoms. The van der Waals surface area contributed by atoms with Crippen LogP contribution >= 0.6 is 34.8 Å². The highest BCUT2D eigenvalue weighted by Gasteiger charge is 2.31. The van der Waals surface area contributed by atoms with Crippen molar-refractivity contribution in [2.45, 2.75) is 52.2 Å². The van der Waals surface area contributed by atoms with E-state index in [0.29, 0.717) is 32.8 Å². The number of nitrogens with one attached hydrogen (secondary N) is 1. The summed E-state index contributed by atoms with van der Waals surface area (Å²) in [6.45, 7) is 7.28. The van der Waals surface area contributed by atoms with Crippen LogP contribution in [0.4, 0.5) is 0 Å². The van der Waals surface area contributed by atoms with Gasteiger partial charge in [-0.3, -0.25) is 9.59 Å². The van der Waals surface area contributed by atoms with Crippen LogP contribution in [0.3, 0.4) is 0 Å². The van der Waals surface area contributed by atoms with E-state index in [1.165, 1.54) is 4.90 Å². The molecule has 5 nitrogen and oxygen atoms in total. The lowest BCUT2D eigenvalue weighted by molar-refractivity contribution is -0.143. The molecule has 0 aliphatic rings. The molecule has 0 radical (unpaired) electrons. The highest BCUT2D eigenvalue weighted by Crippen LogP contribution is 2.28. The first kappa shape index (κ1) is 25.3. The van der Waals surface area contributed by atoms with Crippen molar-refractivity contribution in [1.82, 2.24) is 10.2 Å². The Morgan fingerprint density at radius 1 is 1.00 bits per heavy atom. The highest BCUT2D eigenvalue weighted by molar-refractivity contribution is 6.36. The second-order valence-corrected chi connectivity index (χ2v) is 9.33. The maximum atomic E-state index is 13.2. The number of nitrogens with zero attached hydrogens (tertiary/aromatic N) is 1. The molecule has 0 aromatic heterocycles. The highest BCUT2D eigenvalue weighted by atomic mass is 35.5. The van der Waals surface area contributed by atoms with Gasteiger partial charge in [-0.25, -0.2) is 0 Å². The van der Waals surface area contributed by atoms with E-state index in [2.05, 4.69) is 5.32 Å². The minimum absolute atomic E-state index is 0.0687. The van der Waals surface area contributed by atoms with Gasteiger partial charge in [0.2, 0.25) is 5.91 Å². The minimum Gasteiger partial charge on any atom is -0.482 e. The molecular weight excluding hydrogens is 459 g/mol. The molecular formula is C23H27Cl3N2O3. The van der Waals surface area contributed by atoms with E-state index in [1.54, 1.807) is 42.5 Å². The van der Waals surface area contributed by atoms with E-state index in [0.717, 1.165) is 0 Å². The van der Waals surface area contributed by atoms with Crippen molar-refractivity contribution in [3.8, 4) is 5.75 Å². The van der Waals surface area contributed by atoms with Gasteiger partial charge in [-0.1, -0.05) is 59.9 Å². The van der Waals surface area contributed by atoms with Gasteiger partial charge in [-0.05, 0) is 51.5 Å². The Hall–Kier alpha value is -1.95. The number of para-hydroxylation sites is 1. The van der Waals surface area contributed by atoms with Crippen molar-refractivity contribution >= 4 is 46.6 Å². The van der Waals surface area contributed by atoms with Crippen LogP contribution in [-0.4, -0.2) is 34.9 Å². The molecule has 0 heterocycles. The average molecular weight is 486 g/mol. The Bertz CT molecular complexity index is 908. The summed E-state index contributed by atoms with van der Waals surface area (Å²) in [6, 6.07) is 11.3. The van der Waals surface area contributed by atoms with E-state index >= 15 is 0 Å². The van der Waals surface area contributed by atoms with Gasteiger partial charge in [0.05, 0.1) is 5.02 Å². The van der Waals surface area contributed by atoms with Crippen LogP contribution in [0.1, 0.15) is 39.7 Å². The van der Waals surface area contributed by atoms with Crippen molar-refractivity contribution in [3.63, 3.8) is 0 Å². The molecule has 2 aromatic carbocycles. The normalized spacial score (nSPS) is 12.2. The summed E-state index contributed by atoms with van der Waals surface area (Å²) in [5, 5.41) is 4.18. The fraction of sp³-hybridized carbons (Fsp3) is 0.391. The van der Waals surface area contributed by atoms with Crippen LogP contribution in [0.15, 0.2) is 42.5 Å². The van der Waals surface area contributed by atoms with Crippen molar-refractivity contribution < 1.29 is 14.3 Å². The van der Waals surface area contributed by atoms with Crippen LogP contribution < -0.4 is 10.1 Å². The molecule has 0 saturated heterocycles. The van der Waals surface area contributed by atoms with Gasteiger partial charge in [0, 0.05) is 27.7 Å². The summed E-state index contributed by atoms with van der Waals surface area (Å²) in [4.78, 5) is 27.7. The van der Waals surface area contributed by atoms with Crippen LogP contribution in [0.2, 0.25) is 15.1 Å². The zero-order valence-electron chi connectivity index (χ0n) is 18.0. The third-order valence-electron chi connectivity index (χ3n) is 4.46. The third-order valence-corrected chi connectivity index (χ3v) is 5.48. The molecule has 1 atom stereocenters. The predicted molar refractivity (Wildman–Crippen MR) is 126 cm³/mol. The van der Waals surface area contributed by atoms with Crippen molar-refractivity contribution in [3.05, 3.63) is 63.1 Å². The number of carbonyl (C=O) groups is 2. The lowest BCUT2D eigenvalue weighted by Gasteiger charge is -2.33. The van der Waals surface area contributed by atoms with Gasteiger partial charge >= 0.3 is 0 Å². The fourth-order valence-corrected chi connectivity index (χ4v) is 3.72. The molecule has 0 spiro atoms. The number of hydrogen-bond acceptors (Lipinski definition) is 3. The molecule has 2 amide bonds. The number of benzene rings is 2. The second kappa shape index (κ2) is 11.1. The van der Waals surface area contributed by atoms with Crippen LogP contribution in [0, 0.1) is 0 Å². The molecule has 1 N–H and O–H groups in total. The second-order valence-electron chi connectivity index (χ2n) is 8.10. The number of rotatable bonds is 8. The quantitative estimate of drug-likeness (QED) is 0.518. The fourth-order valence-electron chi connectivity index (χ4n) is 3.01. The molecule has 2 rings (SSSR count). The van der Waals surface area contributed by atoms with Crippen molar-refractivity contribution in [2.75, 3.05) is 6.61 Å². The van der Waals surface area contributed by atoms with E-state index in [-0.39, 0.29) is 25.0 Å². The summed E-state index contributed by atoms with van der Waals surface area (Å²) < 4.78 is 5.63. The molecule has 8 heteroatoms. The summed E-state index contributed by atoms with van der Waals surface area (Å²) in [7, 11) is 0. The largest absolute Gasteiger partial charge is 0.482 e. The number of amides is 2. The van der Waals surface area contributed by atoms with Crippen LogP contribution in [-0.2, 0) is 16.1 Å². The maximum absolute atomic E-state index is 13.2. The number of carbonyl (C=O) groups excluding carboxylic acids is 2. The van der Waals surface area contributed by atoms with E-state index in [9.17, 15) is 9.59 Å². The van der Waals surface area contributed by atoms with Gasteiger partial charge in [-0.2, -0.15) is 0 Å². The topological polar surface area (TPSA) is 58.6 Å². The number of halogens is 3. The Labute approximate surface area is 198 Å². The summed E-state index contributed by atoms with van der Waals surface area (Å²) in [6.07, 6.45) is 0.405. The summed E-state index contributed by atoms with van der Waals surface area (Å²) >= 11 is 18.8. The first-order valence-corrected chi connectivity index (χ1v) is 11.1. The maximum Gasteiger partial charge on any atom is 0.261 e. The summed E-state index contributed by atoms with van der Waals surface area (Å²) in [5.41, 5.74) is 0.119. The summed E-state index contributed by atoms with van der Waals surface area (Å²) in [5.74, 6) is -0.253. The molecule has 0 aliphatic heterocycles. The van der Waals surface area contributed by atoms with Gasteiger partial charge < -0.3 is 15.0 Å². The number of ether oxygens (including phenoxy) is 1. The molecule has 0 aliphatic carbocycles. The van der Waals surface area contributed by atoms with E-state index < -0.39 is 11.6 Å². The molecule has 168 valence electrons. The minimum atomic E-state index is -0.728. The predicted octanol–water partition coefficient (Wildman–Crippen LogP) is 5.75. The lowest BCUT2D eigenvalue weighted by atomic mass is 10.1. The van der Waals surface area contributed by atoms with Crippen LogP contribution in [0.25, 0.3) is 0 Å². The Balaban J connectivity index is 2.32. The molecule has 0 fully saturated rings. The van der Waals surface area contributed by atoms with Gasteiger partial charge in [0.15, 0.2) is 6.61 Å². The molecule has 1 unspecified atom stereocenters. The van der Waals surface area contributed by atoms with Crippen LogP contribution in [0.5, 0.6) is 5.75 Å². The first-order chi connectivity index (χ1) is 14.5. The van der Waals surface area contributed by atoms with Crippen molar-refractivity contribution in [1.29, 1.82) is 0 Å². The van der Waals surface area contributed by atoms with Crippen molar-refractivity contribution in [2.24, 2.45) is 0 Å². The molecule has 31 heavy (non-hydrogen) atoms. The third kappa shape index (κ3) is 7.30. The zero-order valence-corrected chi connectivity index (χ0v) is 20.3. The van der Waals surface area contributed by atoms with Gasteiger partial charge in [0.25, 0.3) is 5.91 Å². The van der Waals surface area contributed by atoms with E-state index in [4.69, 9.17) is 39.5 Å². The lowest BCUT2D eigenvalue weighted by Crippen LogP contribution is -2.54. The Kier molecular flexibility index (Phi) is 9.04. The molecule has 0 saturated carbocycles.